The van der Waals surface area contributed by atoms with E-state index in [9.17, 15) is 9.90 Å². The average molecular weight is 372 g/mol. The number of carbonyl (C=O) groups is 1. The fourth-order valence-electron chi connectivity index (χ4n) is 2.67. The zero-order valence-corrected chi connectivity index (χ0v) is 17.1. The minimum absolute atomic E-state index is 0. The maximum Gasteiger partial charge on any atom is 1.00 e. The third-order valence-electron chi connectivity index (χ3n) is 3.82. The van der Waals surface area contributed by atoms with Crippen molar-refractivity contribution in [3.63, 3.8) is 0 Å². The van der Waals surface area contributed by atoms with Gasteiger partial charge in [0, 0.05) is 30.9 Å². The van der Waals surface area contributed by atoms with Crippen molar-refractivity contribution in [3.8, 4) is 11.1 Å². The number of rotatable bonds is 3. The molecule has 1 saturated heterocycles. The number of hydrogen-bond acceptors (Lipinski definition) is 7. The molecule has 1 fully saturated rings. The Hall–Kier alpha value is -0.744. The number of nitrogens with one attached hydrogen (secondary N) is 1. The summed E-state index contributed by atoms with van der Waals surface area (Å²) in [5, 5.41) is 22.1. The van der Waals surface area contributed by atoms with Crippen molar-refractivity contribution < 1.29 is 61.3 Å². The van der Waals surface area contributed by atoms with E-state index in [1.165, 1.54) is 0 Å². The number of nitrogen functional groups attached to an aromatic ring is 1. The number of aromatic nitrogens is 2. The van der Waals surface area contributed by atoms with E-state index in [0.29, 0.717) is 18.7 Å². The third kappa shape index (κ3) is 4.26. The molecule has 2 aromatic rings. The van der Waals surface area contributed by atoms with Crippen molar-refractivity contribution in [1.29, 1.82) is 0 Å². The molecule has 0 spiro atoms. The number of carbonyl (C=O) groups excluding carboxylic acids is 1. The van der Waals surface area contributed by atoms with Gasteiger partial charge in [0.25, 0.3) is 0 Å². The second kappa shape index (κ2) is 8.57. The molecule has 1 aliphatic heterocycles. The Morgan fingerprint density at radius 3 is 2.71 bits per heavy atom. The number of carboxylic acids is 1. The molecule has 0 saturated carbocycles. The number of anilines is 2. The van der Waals surface area contributed by atoms with Gasteiger partial charge in [0.2, 0.25) is 0 Å². The molecule has 1 unspecified atom stereocenters. The predicted octanol–water partition coefficient (Wildman–Crippen LogP) is -3.09. The van der Waals surface area contributed by atoms with Crippen molar-refractivity contribution in [2.75, 3.05) is 30.3 Å². The second-order valence-corrected chi connectivity index (χ2v) is 5.63. The Bertz CT molecular complexity index is 728. The van der Waals surface area contributed by atoms with Crippen LogP contribution in [0.2, 0.25) is 5.15 Å². The van der Waals surface area contributed by atoms with Crippen LogP contribution in [0.15, 0.2) is 30.3 Å². The van der Waals surface area contributed by atoms with Crippen molar-refractivity contribution in [3.05, 3.63) is 35.5 Å². The summed E-state index contributed by atoms with van der Waals surface area (Å²) >= 11 is 5.86. The summed E-state index contributed by atoms with van der Waals surface area (Å²) in [7, 11) is 0. The maximum absolute atomic E-state index is 11.3. The molecule has 1 atom stereocenters. The van der Waals surface area contributed by atoms with Crippen LogP contribution < -0.4 is 72.4 Å². The molecular weight excluding hydrogens is 357 g/mol. The zero-order chi connectivity index (χ0) is 16.4. The molecule has 1 aliphatic rings. The van der Waals surface area contributed by atoms with Crippen LogP contribution >= 0.6 is 11.6 Å². The summed E-state index contributed by atoms with van der Waals surface area (Å²) in [6.07, 6.45) is 0. The molecule has 0 amide bonds. The number of piperazine rings is 1. The normalized spacial score (nSPS) is 17.2. The van der Waals surface area contributed by atoms with Crippen LogP contribution in [0, 0.1) is 0 Å². The van der Waals surface area contributed by atoms with Gasteiger partial charge in [0.15, 0.2) is 11.0 Å². The van der Waals surface area contributed by atoms with Gasteiger partial charge in [-0.15, -0.1) is 10.2 Å². The van der Waals surface area contributed by atoms with Crippen LogP contribution in [0.4, 0.5) is 11.5 Å². The summed E-state index contributed by atoms with van der Waals surface area (Å²) in [5.41, 5.74) is 8.17. The molecule has 9 heteroatoms. The molecular formula is C15H15ClKN5O2. The fourth-order valence-corrected chi connectivity index (χ4v) is 2.81. The maximum atomic E-state index is 11.3. The summed E-state index contributed by atoms with van der Waals surface area (Å²) in [5.74, 6) is -0.799. The first-order valence-electron chi connectivity index (χ1n) is 7.13. The van der Waals surface area contributed by atoms with Crippen molar-refractivity contribution in [1.82, 2.24) is 15.5 Å². The Labute approximate surface area is 187 Å². The molecule has 3 rings (SSSR count). The second-order valence-electron chi connectivity index (χ2n) is 5.25. The Kier molecular flexibility index (Phi) is 6.99. The Morgan fingerprint density at radius 2 is 2.04 bits per heavy atom. The molecule has 3 N–H and O–H groups in total. The minimum atomic E-state index is -1.09. The molecule has 1 aromatic heterocycles. The van der Waals surface area contributed by atoms with E-state index in [1.807, 2.05) is 29.2 Å². The van der Waals surface area contributed by atoms with E-state index >= 15 is 0 Å². The van der Waals surface area contributed by atoms with Gasteiger partial charge in [-0.3, -0.25) is 0 Å². The van der Waals surface area contributed by atoms with E-state index in [0.717, 1.165) is 17.8 Å². The van der Waals surface area contributed by atoms with Gasteiger partial charge in [-0.2, -0.15) is 0 Å². The molecule has 2 heterocycles. The standard InChI is InChI=1S/C15H16ClN5O2.K/c16-13-7-11(14(17)20-19-13)9-1-3-10(4-2-9)21-6-5-18-8-12(21)15(22)23;/h1-4,7,12,18H,5-6,8H2,(H2,17,20)(H,22,23);/q;+1/p-1. The number of aliphatic carboxylic acids is 1. The molecule has 24 heavy (non-hydrogen) atoms. The predicted molar refractivity (Wildman–Crippen MR) is 85.9 cm³/mol. The fraction of sp³-hybridized carbons (Fsp3) is 0.267. The van der Waals surface area contributed by atoms with Gasteiger partial charge in [-0.05, 0) is 23.8 Å². The van der Waals surface area contributed by atoms with Crippen molar-refractivity contribution >= 4 is 29.1 Å². The topological polar surface area (TPSA) is 107 Å². The quantitative estimate of drug-likeness (QED) is 0.551. The number of carboxylic acid groups (broad SMARTS) is 1. The van der Waals surface area contributed by atoms with Gasteiger partial charge >= 0.3 is 51.4 Å². The number of benzene rings is 1. The van der Waals surface area contributed by atoms with Crippen LogP contribution in [-0.2, 0) is 4.79 Å². The summed E-state index contributed by atoms with van der Waals surface area (Å²) < 4.78 is 0. The SMILES string of the molecule is Nc1nnc(Cl)cc1-c1ccc(N2CCNCC2C(=O)[O-])cc1.[K+]. The van der Waals surface area contributed by atoms with Crippen LogP contribution in [0.5, 0.6) is 0 Å². The molecule has 120 valence electrons. The van der Waals surface area contributed by atoms with E-state index < -0.39 is 12.0 Å². The van der Waals surface area contributed by atoms with Gasteiger partial charge < -0.3 is 25.9 Å². The first-order valence-corrected chi connectivity index (χ1v) is 7.51. The van der Waals surface area contributed by atoms with Crippen LogP contribution in [-0.4, -0.2) is 41.8 Å². The van der Waals surface area contributed by atoms with Gasteiger partial charge in [-0.1, -0.05) is 23.7 Å². The van der Waals surface area contributed by atoms with Crippen molar-refractivity contribution in [2.45, 2.75) is 6.04 Å². The van der Waals surface area contributed by atoms with E-state index in [2.05, 4.69) is 15.5 Å². The Morgan fingerprint density at radius 1 is 1.33 bits per heavy atom. The summed E-state index contributed by atoms with van der Waals surface area (Å²) in [4.78, 5) is 13.1. The van der Waals surface area contributed by atoms with Gasteiger partial charge in [0.05, 0.1) is 12.0 Å². The monoisotopic (exact) mass is 371 g/mol. The number of hydrogen-bond donors (Lipinski definition) is 2. The zero-order valence-electron chi connectivity index (χ0n) is 13.2. The van der Waals surface area contributed by atoms with Crippen molar-refractivity contribution in [2.24, 2.45) is 0 Å². The van der Waals surface area contributed by atoms with Crippen LogP contribution in [0.25, 0.3) is 11.1 Å². The summed E-state index contributed by atoms with van der Waals surface area (Å²) in [6.45, 7) is 1.69. The molecule has 1 aromatic carbocycles. The van der Waals surface area contributed by atoms with Gasteiger partial charge in [-0.25, -0.2) is 0 Å². The Balaban J connectivity index is 0.00000208. The van der Waals surface area contributed by atoms with E-state index in [1.54, 1.807) is 6.07 Å². The minimum Gasteiger partial charge on any atom is -0.548 e. The number of nitrogens with two attached hydrogens (primary N) is 1. The van der Waals surface area contributed by atoms with Gasteiger partial charge in [0.1, 0.15) is 0 Å². The molecule has 0 aliphatic carbocycles. The number of halogens is 1. The average Bonchev–Trinajstić information content (AvgIpc) is 2.57. The van der Waals surface area contributed by atoms with Crippen LogP contribution in [0.3, 0.4) is 0 Å². The third-order valence-corrected chi connectivity index (χ3v) is 4.00. The first-order chi connectivity index (χ1) is 11.1. The molecule has 0 bridgehead atoms. The smallest absolute Gasteiger partial charge is 0.548 e. The first kappa shape index (κ1) is 19.6. The summed E-state index contributed by atoms with van der Waals surface area (Å²) in [6, 6.07) is 8.38. The van der Waals surface area contributed by atoms with E-state index in [4.69, 9.17) is 17.3 Å². The number of nitrogens with zero attached hydrogens (tertiary/aromatic N) is 3. The van der Waals surface area contributed by atoms with E-state index in [-0.39, 0.29) is 62.4 Å². The van der Waals surface area contributed by atoms with Crippen LogP contribution in [0.1, 0.15) is 0 Å². The largest absolute Gasteiger partial charge is 1.00 e. The molecule has 0 radical (unpaired) electrons. The molecule has 7 nitrogen and oxygen atoms in total.